The van der Waals surface area contributed by atoms with Gasteiger partial charge in [-0.1, -0.05) is 59.1 Å². The van der Waals surface area contributed by atoms with E-state index in [1.54, 1.807) is 23.1 Å². The number of likely N-dealkylation sites (tertiary alicyclic amines) is 1. The number of likely N-dealkylation sites (N-methyl/N-ethyl adjacent to an activating group) is 1. The van der Waals surface area contributed by atoms with E-state index in [9.17, 15) is 14.0 Å². The van der Waals surface area contributed by atoms with Gasteiger partial charge in [-0.3, -0.25) is 10.1 Å². The monoisotopic (exact) mass is 597 g/mol. The fourth-order valence-corrected chi connectivity index (χ4v) is 6.18. The number of carbonyl (C=O) groups excluding carboxylic acids is 2. The summed E-state index contributed by atoms with van der Waals surface area (Å²) in [7, 11) is 1.83. The van der Waals surface area contributed by atoms with Crippen molar-refractivity contribution in [3.63, 3.8) is 0 Å². The third kappa shape index (κ3) is 6.69. The molecule has 0 aromatic heterocycles. The van der Waals surface area contributed by atoms with Gasteiger partial charge in [-0.25, -0.2) is 9.18 Å². The van der Waals surface area contributed by atoms with Gasteiger partial charge in [0.15, 0.2) is 0 Å². The molecule has 216 valence electrons. The predicted molar refractivity (Wildman–Crippen MR) is 160 cm³/mol. The summed E-state index contributed by atoms with van der Waals surface area (Å²) in [6.07, 6.45) is 2.07. The van der Waals surface area contributed by atoms with Gasteiger partial charge < -0.3 is 14.5 Å². The summed E-state index contributed by atoms with van der Waals surface area (Å²) in [5, 5.41) is 3.57. The van der Waals surface area contributed by atoms with Gasteiger partial charge in [-0.05, 0) is 67.8 Å². The van der Waals surface area contributed by atoms with Gasteiger partial charge in [0.2, 0.25) is 5.91 Å². The number of aryl methyl sites for hydroxylation is 1. The van der Waals surface area contributed by atoms with Crippen LogP contribution >= 0.6 is 23.2 Å². The second kappa shape index (κ2) is 12.4. The maximum atomic E-state index is 14.1. The molecule has 2 aliphatic heterocycles. The number of amides is 2. The molecule has 0 radical (unpaired) electrons. The highest BCUT2D eigenvalue weighted by atomic mass is 35.5. The summed E-state index contributed by atoms with van der Waals surface area (Å²) >= 11 is 12.5. The lowest BCUT2D eigenvalue weighted by molar-refractivity contribution is -0.132. The first-order chi connectivity index (χ1) is 19.6. The third-order valence-corrected chi connectivity index (χ3v) is 8.93. The molecule has 1 N–H and O–H groups in total. The molecule has 1 fully saturated rings. The summed E-state index contributed by atoms with van der Waals surface area (Å²) in [6, 6.07) is 18.0. The number of nitrogens with one attached hydrogen (secondary N) is 1. The molecule has 2 amide bonds. The number of anilines is 1. The highest BCUT2D eigenvalue weighted by Gasteiger charge is 2.44. The van der Waals surface area contributed by atoms with Crippen molar-refractivity contribution in [1.29, 1.82) is 0 Å². The van der Waals surface area contributed by atoms with Gasteiger partial charge >= 0.3 is 6.09 Å². The number of ether oxygens (including phenoxy) is 1. The Balaban J connectivity index is 1.24. The smallest absolute Gasteiger partial charge is 0.412 e. The van der Waals surface area contributed by atoms with Crippen LogP contribution in [-0.4, -0.2) is 48.5 Å². The van der Waals surface area contributed by atoms with E-state index in [1.165, 1.54) is 17.7 Å². The van der Waals surface area contributed by atoms with Crippen LogP contribution in [0.1, 0.15) is 53.9 Å². The molecule has 6 nitrogen and oxygen atoms in total. The number of halogens is 3. The van der Waals surface area contributed by atoms with Crippen molar-refractivity contribution in [1.82, 2.24) is 9.80 Å². The maximum Gasteiger partial charge on any atom is 0.412 e. The van der Waals surface area contributed by atoms with Crippen molar-refractivity contribution in [2.75, 3.05) is 32.0 Å². The maximum absolute atomic E-state index is 14.1. The Kier molecular flexibility index (Phi) is 8.88. The molecule has 1 saturated heterocycles. The molecular formula is C32H34Cl2FN3O3. The Labute approximate surface area is 250 Å². The van der Waals surface area contributed by atoms with Gasteiger partial charge in [-0.15, -0.1) is 0 Å². The molecule has 9 heteroatoms. The van der Waals surface area contributed by atoms with Gasteiger partial charge in [0.1, 0.15) is 11.4 Å². The number of hydrogen-bond donors (Lipinski definition) is 1. The van der Waals surface area contributed by atoms with E-state index in [4.69, 9.17) is 27.9 Å². The highest BCUT2D eigenvalue weighted by molar-refractivity contribution is 6.42. The van der Waals surface area contributed by atoms with Crippen LogP contribution < -0.4 is 5.32 Å². The minimum absolute atomic E-state index is 0.0295. The molecular weight excluding hydrogens is 564 g/mol. The van der Waals surface area contributed by atoms with E-state index in [0.717, 1.165) is 24.1 Å². The highest BCUT2D eigenvalue weighted by Crippen LogP contribution is 2.44. The summed E-state index contributed by atoms with van der Waals surface area (Å²) in [5.74, 6) is -0.686. The van der Waals surface area contributed by atoms with Crippen molar-refractivity contribution < 1.29 is 18.7 Å². The van der Waals surface area contributed by atoms with Gasteiger partial charge in [0, 0.05) is 45.1 Å². The van der Waals surface area contributed by atoms with Crippen LogP contribution in [0.5, 0.6) is 0 Å². The van der Waals surface area contributed by atoms with Crippen molar-refractivity contribution >= 4 is 40.9 Å². The van der Waals surface area contributed by atoms with Crippen LogP contribution in [0.3, 0.4) is 0 Å². The lowest BCUT2D eigenvalue weighted by Crippen LogP contribution is -2.48. The molecule has 0 saturated carbocycles. The molecule has 1 spiro atoms. The molecule has 1 atom stereocenters. The standard InChI is InChI=1S/C32H34Cl2FN3O3/c1-21-5-7-22(8-6-21)20-37(2)30(39)25(23-9-11-27(33)28(34)18-23)4-3-15-38-16-13-32(14-17-38)26-19-24(35)10-12-29(26)36-31(40)41-32/h5-12,18-19,25H,3-4,13-17,20H2,1-2H3,(H,36,40). The number of nitrogens with zero attached hydrogens (tertiary/aromatic N) is 2. The molecule has 41 heavy (non-hydrogen) atoms. The van der Waals surface area contributed by atoms with Crippen LogP contribution in [0.15, 0.2) is 60.7 Å². The Hall–Kier alpha value is -3.13. The van der Waals surface area contributed by atoms with Gasteiger partial charge in [-0.2, -0.15) is 0 Å². The zero-order chi connectivity index (χ0) is 29.1. The fourth-order valence-electron chi connectivity index (χ4n) is 5.87. The SMILES string of the molecule is Cc1ccc(CN(C)C(=O)C(CCCN2CCC3(CC2)OC(=O)Nc2ccc(F)cc23)c2ccc(Cl)c(Cl)c2)cc1. The molecule has 2 aliphatic rings. The zero-order valence-corrected chi connectivity index (χ0v) is 24.8. The molecule has 0 aliphatic carbocycles. The van der Waals surface area contributed by atoms with E-state index in [-0.39, 0.29) is 17.6 Å². The van der Waals surface area contributed by atoms with Gasteiger partial charge in [0.25, 0.3) is 0 Å². The Morgan fingerprint density at radius 2 is 1.80 bits per heavy atom. The molecule has 1 unspecified atom stereocenters. The van der Waals surface area contributed by atoms with Crippen LogP contribution in [0.25, 0.3) is 0 Å². The van der Waals surface area contributed by atoms with Crippen LogP contribution in [0.2, 0.25) is 10.0 Å². The first-order valence-electron chi connectivity index (χ1n) is 13.9. The van der Waals surface area contributed by atoms with Crippen molar-refractivity contribution in [2.45, 2.75) is 50.7 Å². The summed E-state index contributed by atoms with van der Waals surface area (Å²) < 4.78 is 19.8. The number of fused-ring (bicyclic) bond motifs is 2. The van der Waals surface area contributed by atoms with Crippen LogP contribution in [-0.2, 0) is 21.7 Å². The summed E-state index contributed by atoms with van der Waals surface area (Å²) in [5.41, 5.74) is 3.56. The lowest BCUT2D eigenvalue weighted by atomic mass is 9.82. The molecule has 3 aromatic rings. The normalized spacial score (nSPS) is 17.0. The van der Waals surface area contributed by atoms with Crippen LogP contribution in [0, 0.1) is 12.7 Å². The Morgan fingerprint density at radius 1 is 1.07 bits per heavy atom. The summed E-state index contributed by atoms with van der Waals surface area (Å²) in [6.45, 7) is 4.73. The zero-order valence-electron chi connectivity index (χ0n) is 23.3. The second-order valence-electron chi connectivity index (χ2n) is 11.1. The number of hydrogen-bond acceptors (Lipinski definition) is 4. The molecule has 0 bridgehead atoms. The molecule has 2 heterocycles. The molecule has 5 rings (SSSR count). The largest absolute Gasteiger partial charge is 0.438 e. The third-order valence-electron chi connectivity index (χ3n) is 8.19. The topological polar surface area (TPSA) is 61.9 Å². The summed E-state index contributed by atoms with van der Waals surface area (Å²) in [4.78, 5) is 30.0. The van der Waals surface area contributed by atoms with E-state index in [0.29, 0.717) is 60.2 Å². The Bertz CT molecular complexity index is 1420. The quantitative estimate of drug-likeness (QED) is 0.292. The Morgan fingerprint density at radius 3 is 2.51 bits per heavy atom. The number of rotatable bonds is 8. The first kappa shape index (κ1) is 29.4. The van der Waals surface area contributed by atoms with E-state index < -0.39 is 11.7 Å². The fraction of sp³-hybridized carbons (Fsp3) is 0.375. The van der Waals surface area contributed by atoms with Crippen molar-refractivity contribution in [3.05, 3.63) is 98.8 Å². The van der Waals surface area contributed by atoms with E-state index in [1.807, 2.05) is 44.3 Å². The van der Waals surface area contributed by atoms with E-state index in [2.05, 4.69) is 10.2 Å². The minimum Gasteiger partial charge on any atom is -0.438 e. The molecule has 3 aromatic carbocycles. The average molecular weight is 599 g/mol. The number of benzene rings is 3. The predicted octanol–water partition coefficient (Wildman–Crippen LogP) is 7.52. The average Bonchev–Trinajstić information content (AvgIpc) is 2.95. The lowest BCUT2D eigenvalue weighted by Gasteiger charge is -2.44. The first-order valence-corrected chi connectivity index (χ1v) is 14.7. The van der Waals surface area contributed by atoms with Crippen LogP contribution in [0.4, 0.5) is 14.9 Å². The number of piperidine rings is 1. The van der Waals surface area contributed by atoms with Crippen molar-refractivity contribution in [2.24, 2.45) is 0 Å². The second-order valence-corrected chi connectivity index (χ2v) is 11.9. The van der Waals surface area contributed by atoms with Crippen molar-refractivity contribution in [3.8, 4) is 0 Å². The van der Waals surface area contributed by atoms with Gasteiger partial charge in [0.05, 0.1) is 21.7 Å². The minimum atomic E-state index is -0.826. The van der Waals surface area contributed by atoms with E-state index >= 15 is 0 Å². The number of carbonyl (C=O) groups is 2.